The van der Waals surface area contributed by atoms with Gasteiger partial charge in [0.15, 0.2) is 0 Å². The Labute approximate surface area is 119 Å². The number of rotatable bonds is 6. The van der Waals surface area contributed by atoms with E-state index in [2.05, 4.69) is 4.72 Å². The van der Waals surface area contributed by atoms with E-state index in [1.165, 1.54) is 5.56 Å². The fourth-order valence-electron chi connectivity index (χ4n) is 2.42. The molecule has 2 N–H and O–H groups in total. The maximum absolute atomic E-state index is 12.2. The SMILES string of the molecule is CC(CNS(=O)(=O)c1ccc2c(c1)CCC2)CC(=O)O. The van der Waals surface area contributed by atoms with Gasteiger partial charge in [-0.2, -0.15) is 0 Å². The molecule has 1 atom stereocenters. The van der Waals surface area contributed by atoms with Gasteiger partial charge in [0.05, 0.1) is 4.90 Å². The molecule has 0 heterocycles. The highest BCUT2D eigenvalue weighted by Gasteiger charge is 2.19. The van der Waals surface area contributed by atoms with Crippen molar-refractivity contribution in [1.82, 2.24) is 4.72 Å². The molecule has 0 aliphatic heterocycles. The fraction of sp³-hybridized carbons (Fsp3) is 0.500. The van der Waals surface area contributed by atoms with Crippen LogP contribution in [0.2, 0.25) is 0 Å². The number of carboxylic acids is 1. The number of benzene rings is 1. The van der Waals surface area contributed by atoms with Gasteiger partial charge in [-0.15, -0.1) is 0 Å². The van der Waals surface area contributed by atoms with Crippen LogP contribution in [0, 0.1) is 5.92 Å². The molecule has 0 fully saturated rings. The second kappa shape index (κ2) is 5.93. The Morgan fingerprint density at radius 2 is 2.05 bits per heavy atom. The van der Waals surface area contributed by atoms with Crippen molar-refractivity contribution in [3.05, 3.63) is 29.3 Å². The van der Waals surface area contributed by atoms with Gasteiger partial charge >= 0.3 is 5.97 Å². The molecule has 0 saturated heterocycles. The molecule has 1 aromatic rings. The molecular formula is C14H19NO4S. The molecular weight excluding hydrogens is 278 g/mol. The Morgan fingerprint density at radius 1 is 1.35 bits per heavy atom. The summed E-state index contributed by atoms with van der Waals surface area (Å²) in [6.07, 6.45) is 2.96. The second-order valence-electron chi connectivity index (χ2n) is 5.34. The van der Waals surface area contributed by atoms with Crippen LogP contribution < -0.4 is 4.72 Å². The number of carboxylic acid groups (broad SMARTS) is 1. The molecule has 0 aromatic heterocycles. The minimum absolute atomic E-state index is 0.0489. The summed E-state index contributed by atoms with van der Waals surface area (Å²) in [5, 5.41) is 8.66. The molecule has 1 aromatic carbocycles. The third-order valence-electron chi connectivity index (χ3n) is 3.53. The maximum Gasteiger partial charge on any atom is 0.303 e. The van der Waals surface area contributed by atoms with E-state index in [0.29, 0.717) is 0 Å². The zero-order valence-electron chi connectivity index (χ0n) is 11.4. The Bertz CT molecular complexity index is 610. The number of carbonyl (C=O) groups is 1. The third-order valence-corrected chi connectivity index (χ3v) is 4.95. The number of aliphatic carboxylic acids is 1. The average Bonchev–Trinajstić information content (AvgIpc) is 2.83. The first-order valence-corrected chi connectivity index (χ1v) is 8.20. The van der Waals surface area contributed by atoms with Crippen LogP contribution in [0.15, 0.2) is 23.1 Å². The van der Waals surface area contributed by atoms with Crippen LogP contribution in [0.4, 0.5) is 0 Å². The van der Waals surface area contributed by atoms with Gasteiger partial charge in [0.25, 0.3) is 0 Å². The van der Waals surface area contributed by atoms with Crippen LogP contribution in [0.25, 0.3) is 0 Å². The van der Waals surface area contributed by atoms with Crippen molar-refractivity contribution < 1.29 is 18.3 Å². The lowest BCUT2D eigenvalue weighted by Gasteiger charge is -2.12. The van der Waals surface area contributed by atoms with E-state index in [1.807, 2.05) is 6.07 Å². The van der Waals surface area contributed by atoms with Gasteiger partial charge in [0.1, 0.15) is 0 Å². The molecule has 0 saturated carbocycles. The van der Waals surface area contributed by atoms with Gasteiger partial charge in [-0.3, -0.25) is 4.79 Å². The summed E-state index contributed by atoms with van der Waals surface area (Å²) in [5.74, 6) is -1.16. The first kappa shape index (κ1) is 15.0. The van der Waals surface area contributed by atoms with Gasteiger partial charge in [0.2, 0.25) is 10.0 Å². The lowest BCUT2D eigenvalue weighted by molar-refractivity contribution is -0.137. The normalized spacial score (nSPS) is 15.8. The fourth-order valence-corrected chi connectivity index (χ4v) is 3.64. The van der Waals surface area contributed by atoms with Crippen LogP contribution in [-0.2, 0) is 27.7 Å². The van der Waals surface area contributed by atoms with Gasteiger partial charge < -0.3 is 5.11 Å². The van der Waals surface area contributed by atoms with Crippen molar-refractivity contribution in [3.8, 4) is 0 Å². The highest BCUT2D eigenvalue weighted by molar-refractivity contribution is 7.89. The predicted octanol–water partition coefficient (Wildman–Crippen LogP) is 1.56. The van der Waals surface area contributed by atoms with E-state index in [0.717, 1.165) is 24.8 Å². The molecule has 0 bridgehead atoms. The lowest BCUT2D eigenvalue weighted by atomic mass is 10.1. The monoisotopic (exact) mass is 297 g/mol. The van der Waals surface area contributed by atoms with E-state index >= 15 is 0 Å². The first-order valence-electron chi connectivity index (χ1n) is 6.72. The van der Waals surface area contributed by atoms with E-state index in [4.69, 9.17) is 5.11 Å². The second-order valence-corrected chi connectivity index (χ2v) is 7.11. The zero-order valence-corrected chi connectivity index (χ0v) is 12.2. The zero-order chi connectivity index (χ0) is 14.8. The van der Waals surface area contributed by atoms with Crippen molar-refractivity contribution >= 4 is 16.0 Å². The number of fused-ring (bicyclic) bond motifs is 1. The Hall–Kier alpha value is -1.40. The molecule has 0 radical (unpaired) electrons. The number of aryl methyl sites for hydroxylation is 2. The third kappa shape index (κ3) is 3.58. The summed E-state index contributed by atoms with van der Waals surface area (Å²) in [6.45, 7) is 1.84. The maximum atomic E-state index is 12.2. The van der Waals surface area contributed by atoms with Gasteiger partial charge in [-0.05, 0) is 48.4 Å². The minimum Gasteiger partial charge on any atom is -0.481 e. The molecule has 1 aliphatic rings. The molecule has 5 nitrogen and oxygen atoms in total. The average molecular weight is 297 g/mol. The number of hydrogen-bond acceptors (Lipinski definition) is 3. The quantitative estimate of drug-likeness (QED) is 0.834. The Kier molecular flexibility index (Phi) is 4.45. The molecule has 0 spiro atoms. The van der Waals surface area contributed by atoms with Crippen LogP contribution in [0.3, 0.4) is 0 Å². The van der Waals surface area contributed by atoms with Crippen LogP contribution in [0.1, 0.15) is 30.9 Å². The van der Waals surface area contributed by atoms with Crippen molar-refractivity contribution in [1.29, 1.82) is 0 Å². The largest absolute Gasteiger partial charge is 0.481 e. The Balaban J connectivity index is 2.05. The summed E-state index contributed by atoms with van der Waals surface area (Å²) in [6, 6.07) is 5.22. The smallest absolute Gasteiger partial charge is 0.303 e. The van der Waals surface area contributed by atoms with Crippen LogP contribution >= 0.6 is 0 Å². The summed E-state index contributed by atoms with van der Waals surface area (Å²) < 4.78 is 26.8. The number of hydrogen-bond donors (Lipinski definition) is 2. The number of nitrogens with one attached hydrogen (secondary N) is 1. The van der Waals surface area contributed by atoms with E-state index in [-0.39, 0.29) is 23.8 Å². The van der Waals surface area contributed by atoms with Crippen LogP contribution in [0.5, 0.6) is 0 Å². The molecule has 6 heteroatoms. The Morgan fingerprint density at radius 3 is 2.75 bits per heavy atom. The van der Waals surface area contributed by atoms with Crippen molar-refractivity contribution in [3.63, 3.8) is 0 Å². The first-order chi connectivity index (χ1) is 9.38. The molecule has 1 aliphatic carbocycles. The summed E-state index contributed by atoms with van der Waals surface area (Å²) in [5.41, 5.74) is 2.33. The van der Waals surface area contributed by atoms with Crippen LogP contribution in [-0.4, -0.2) is 26.0 Å². The standard InChI is InChI=1S/C14H19NO4S/c1-10(7-14(16)17)9-15-20(18,19)13-6-5-11-3-2-4-12(11)8-13/h5-6,8,10,15H,2-4,7,9H2,1H3,(H,16,17). The number of sulfonamides is 1. The molecule has 20 heavy (non-hydrogen) atoms. The van der Waals surface area contributed by atoms with Gasteiger partial charge in [-0.1, -0.05) is 13.0 Å². The summed E-state index contributed by atoms with van der Waals surface area (Å²) in [4.78, 5) is 10.8. The van der Waals surface area contributed by atoms with E-state index in [1.54, 1.807) is 19.1 Å². The van der Waals surface area contributed by atoms with E-state index in [9.17, 15) is 13.2 Å². The van der Waals surface area contributed by atoms with Gasteiger partial charge in [0, 0.05) is 13.0 Å². The molecule has 2 rings (SSSR count). The van der Waals surface area contributed by atoms with Crippen molar-refractivity contribution in [2.24, 2.45) is 5.92 Å². The predicted molar refractivity (Wildman–Crippen MR) is 75.1 cm³/mol. The van der Waals surface area contributed by atoms with Crippen molar-refractivity contribution in [2.75, 3.05) is 6.54 Å². The topological polar surface area (TPSA) is 83.5 Å². The molecule has 110 valence electrons. The molecule has 1 unspecified atom stereocenters. The molecule has 0 amide bonds. The summed E-state index contributed by atoms with van der Waals surface area (Å²) >= 11 is 0. The van der Waals surface area contributed by atoms with E-state index < -0.39 is 16.0 Å². The lowest BCUT2D eigenvalue weighted by Crippen LogP contribution is -2.29. The van der Waals surface area contributed by atoms with Gasteiger partial charge in [-0.25, -0.2) is 13.1 Å². The highest BCUT2D eigenvalue weighted by atomic mass is 32.2. The minimum atomic E-state index is -3.56. The van der Waals surface area contributed by atoms with Crippen molar-refractivity contribution in [2.45, 2.75) is 37.5 Å². The highest BCUT2D eigenvalue weighted by Crippen LogP contribution is 2.24. The summed E-state index contributed by atoms with van der Waals surface area (Å²) in [7, 11) is -3.56.